The SMILES string of the molecule is CC1N=c2[nH]cc(-c3nc(N[C@H]4C5CCC(CC5)[C@@H]4C(=O)OC4OC(=O)c5ccccc54)c(F)c(-c4cccs4)n3)c2=NC1F. The maximum absolute atomic E-state index is 16.3. The van der Waals surface area contributed by atoms with E-state index in [1.807, 2.05) is 5.38 Å². The van der Waals surface area contributed by atoms with Gasteiger partial charge in [-0.25, -0.2) is 28.5 Å². The number of hydrogen-bond donors (Lipinski definition) is 2. The van der Waals surface area contributed by atoms with Crippen molar-refractivity contribution in [1.82, 2.24) is 15.0 Å². The van der Waals surface area contributed by atoms with Crippen LogP contribution in [-0.2, 0) is 14.3 Å². The molecule has 5 heterocycles. The lowest BCUT2D eigenvalue weighted by molar-refractivity contribution is -0.179. The molecule has 3 aliphatic carbocycles. The van der Waals surface area contributed by atoms with Gasteiger partial charge in [0.05, 0.1) is 21.9 Å². The fraction of sp³-hybridized carbons (Fsp3) is 0.375. The van der Waals surface area contributed by atoms with Gasteiger partial charge in [0.1, 0.15) is 17.1 Å². The van der Waals surface area contributed by atoms with Gasteiger partial charge < -0.3 is 19.8 Å². The zero-order chi connectivity index (χ0) is 30.8. The second-order valence-corrected chi connectivity index (χ2v) is 12.9. The van der Waals surface area contributed by atoms with Gasteiger partial charge in [-0.15, -0.1) is 11.3 Å². The van der Waals surface area contributed by atoms with E-state index in [1.165, 1.54) is 11.3 Å². The summed E-state index contributed by atoms with van der Waals surface area (Å²) in [5.74, 6) is -2.16. The fourth-order valence-electron chi connectivity index (χ4n) is 7.08. The quantitative estimate of drug-likeness (QED) is 0.229. The Morgan fingerprint density at radius 3 is 2.67 bits per heavy atom. The highest BCUT2D eigenvalue weighted by Gasteiger charge is 2.49. The van der Waals surface area contributed by atoms with E-state index >= 15 is 4.39 Å². The number of esters is 2. The Bertz CT molecular complexity index is 1940. The Morgan fingerprint density at radius 1 is 1.07 bits per heavy atom. The van der Waals surface area contributed by atoms with Crippen LogP contribution in [0.4, 0.5) is 14.6 Å². The molecule has 2 N–H and O–H groups in total. The minimum Gasteiger partial charge on any atom is -0.420 e. The summed E-state index contributed by atoms with van der Waals surface area (Å²) in [6.45, 7) is 1.64. The van der Waals surface area contributed by atoms with Crippen LogP contribution < -0.4 is 16.2 Å². The van der Waals surface area contributed by atoms with Crippen molar-refractivity contribution in [3.05, 3.63) is 75.8 Å². The molecule has 3 aromatic heterocycles. The molecule has 1 aromatic carbocycles. The van der Waals surface area contributed by atoms with E-state index in [-0.39, 0.29) is 34.5 Å². The average Bonchev–Trinajstić information content (AvgIpc) is 3.79. The summed E-state index contributed by atoms with van der Waals surface area (Å²) in [4.78, 5) is 47.5. The monoisotopic (exact) mass is 630 g/mol. The molecule has 0 spiro atoms. The number of anilines is 1. The van der Waals surface area contributed by atoms with Crippen LogP contribution in [0.15, 0.2) is 58.0 Å². The summed E-state index contributed by atoms with van der Waals surface area (Å²) >= 11 is 1.33. The highest BCUT2D eigenvalue weighted by molar-refractivity contribution is 7.13. The molecule has 13 heteroatoms. The van der Waals surface area contributed by atoms with Crippen molar-refractivity contribution in [2.45, 2.75) is 57.3 Å². The Balaban J connectivity index is 1.17. The van der Waals surface area contributed by atoms with E-state index in [0.717, 1.165) is 25.7 Å². The lowest BCUT2D eigenvalue weighted by atomic mass is 9.61. The standard InChI is InChI=1S/C32H28F2N6O4S/c1-14-26(34)37-24-19(13-35-29(24)36-14)27-39-25(20-7-4-12-45-20)22(33)28(40-27)38-23-16-10-8-15(9-11-16)21(23)31(42)44-32-18-6-3-2-5-17(18)30(41)43-32/h2-7,12-16,21,23,26,32H,8-11H2,1H3,(H,35,36)(H,38,39,40)/t14?,15?,16?,21-,23-,26?,32?/m0/s1. The summed E-state index contributed by atoms with van der Waals surface area (Å²) in [6.07, 6.45) is 2.35. The molecule has 0 radical (unpaired) electrons. The lowest BCUT2D eigenvalue weighted by Crippen LogP contribution is -2.52. The molecule has 2 bridgehead atoms. The number of benzene rings is 1. The first-order chi connectivity index (χ1) is 21.9. The normalized spacial score (nSPS) is 28.0. The number of cyclic esters (lactones) is 1. The van der Waals surface area contributed by atoms with Gasteiger partial charge in [0.2, 0.25) is 6.30 Å². The van der Waals surface area contributed by atoms with Crippen LogP contribution in [0.1, 0.15) is 54.8 Å². The highest BCUT2D eigenvalue weighted by atomic mass is 32.1. The molecule has 10 nitrogen and oxygen atoms in total. The summed E-state index contributed by atoms with van der Waals surface area (Å²) in [6, 6.07) is 9.26. The molecule has 4 aromatic rings. The number of hydrogen-bond acceptors (Lipinski definition) is 10. The maximum Gasteiger partial charge on any atom is 0.342 e. The largest absolute Gasteiger partial charge is 0.420 e. The molecule has 3 saturated carbocycles. The molecule has 3 fully saturated rings. The number of nitrogens with one attached hydrogen (secondary N) is 2. The topological polar surface area (TPSA) is 131 Å². The first-order valence-electron chi connectivity index (χ1n) is 15.0. The number of halogens is 2. The van der Waals surface area contributed by atoms with Gasteiger partial charge in [-0.1, -0.05) is 24.3 Å². The van der Waals surface area contributed by atoms with Gasteiger partial charge in [0.15, 0.2) is 22.9 Å². The number of aromatic amines is 1. The number of H-pyrrole nitrogens is 1. The molecule has 230 valence electrons. The van der Waals surface area contributed by atoms with E-state index in [0.29, 0.717) is 27.1 Å². The first-order valence-corrected chi connectivity index (χ1v) is 15.9. The number of fused-ring (bicyclic) bond motifs is 5. The van der Waals surface area contributed by atoms with Gasteiger partial charge in [0.25, 0.3) is 6.29 Å². The second-order valence-electron chi connectivity index (χ2n) is 11.9. The zero-order valence-corrected chi connectivity index (χ0v) is 24.9. The third kappa shape index (κ3) is 4.71. The Kier molecular flexibility index (Phi) is 6.73. The molecule has 3 unspecified atom stereocenters. The van der Waals surface area contributed by atoms with Gasteiger partial charge in [-0.2, -0.15) is 0 Å². The minimum absolute atomic E-state index is 0.00839. The molecule has 0 saturated heterocycles. The van der Waals surface area contributed by atoms with Crippen LogP contribution in [-0.4, -0.2) is 45.3 Å². The van der Waals surface area contributed by atoms with Crippen molar-refractivity contribution in [1.29, 1.82) is 0 Å². The molecule has 9 rings (SSSR count). The van der Waals surface area contributed by atoms with E-state index in [9.17, 15) is 14.0 Å². The van der Waals surface area contributed by atoms with Gasteiger partial charge >= 0.3 is 11.9 Å². The number of carbonyl (C=O) groups excluding carboxylic acids is 2. The van der Waals surface area contributed by atoms with Crippen molar-refractivity contribution in [3.8, 4) is 22.0 Å². The minimum atomic E-state index is -1.53. The van der Waals surface area contributed by atoms with Gasteiger partial charge in [-0.3, -0.25) is 9.79 Å². The number of carbonyl (C=O) groups is 2. The second kappa shape index (κ2) is 10.8. The van der Waals surface area contributed by atoms with Gasteiger partial charge in [0, 0.05) is 17.8 Å². The van der Waals surface area contributed by atoms with Crippen LogP contribution >= 0.6 is 11.3 Å². The van der Waals surface area contributed by atoms with Crippen LogP contribution in [0.5, 0.6) is 0 Å². The van der Waals surface area contributed by atoms with E-state index in [4.69, 9.17) is 9.47 Å². The molecule has 2 aliphatic heterocycles. The number of ether oxygens (including phenoxy) is 2. The Labute approximate surface area is 259 Å². The molecular weight excluding hydrogens is 602 g/mol. The van der Waals surface area contributed by atoms with E-state index in [1.54, 1.807) is 49.5 Å². The summed E-state index contributed by atoms with van der Waals surface area (Å²) < 4.78 is 42.1. The van der Waals surface area contributed by atoms with Crippen molar-refractivity contribution >= 4 is 29.1 Å². The molecule has 0 amide bonds. The Hall–Kier alpha value is -4.52. The van der Waals surface area contributed by atoms with Gasteiger partial charge in [-0.05, 0) is 62.0 Å². The Morgan fingerprint density at radius 2 is 1.87 bits per heavy atom. The van der Waals surface area contributed by atoms with Crippen molar-refractivity contribution in [2.24, 2.45) is 27.7 Å². The smallest absolute Gasteiger partial charge is 0.342 e. The fourth-order valence-corrected chi connectivity index (χ4v) is 7.79. The molecule has 5 aliphatic rings. The molecule has 45 heavy (non-hydrogen) atoms. The van der Waals surface area contributed by atoms with E-state index < -0.39 is 48.3 Å². The lowest BCUT2D eigenvalue weighted by Gasteiger charge is -2.47. The first kappa shape index (κ1) is 28.0. The van der Waals surface area contributed by atoms with E-state index in [2.05, 4.69) is 30.3 Å². The van der Waals surface area contributed by atoms with Crippen molar-refractivity contribution in [2.75, 3.05) is 5.32 Å². The van der Waals surface area contributed by atoms with Crippen LogP contribution in [0, 0.1) is 23.6 Å². The summed E-state index contributed by atoms with van der Waals surface area (Å²) in [5, 5.41) is 5.40. The van der Waals surface area contributed by atoms with Crippen LogP contribution in [0.2, 0.25) is 0 Å². The number of nitrogens with zero attached hydrogens (tertiary/aromatic N) is 4. The third-order valence-corrected chi connectivity index (χ3v) is 10.2. The number of aromatic nitrogens is 3. The third-order valence-electron chi connectivity index (χ3n) is 9.33. The molecular formula is C32H28F2N6O4S. The van der Waals surface area contributed by atoms with Crippen molar-refractivity contribution < 1.29 is 27.8 Å². The predicted molar refractivity (Wildman–Crippen MR) is 159 cm³/mol. The number of alkyl halides is 1. The highest BCUT2D eigenvalue weighted by Crippen LogP contribution is 2.48. The number of thiophene rings is 1. The predicted octanol–water partition coefficient (Wildman–Crippen LogP) is 4.91. The number of rotatable bonds is 6. The average molecular weight is 631 g/mol. The summed E-state index contributed by atoms with van der Waals surface area (Å²) in [7, 11) is 0. The summed E-state index contributed by atoms with van der Waals surface area (Å²) in [5.41, 5.74) is 1.76. The zero-order valence-electron chi connectivity index (χ0n) is 24.1. The molecule has 5 atom stereocenters. The maximum atomic E-state index is 16.3. The van der Waals surface area contributed by atoms with Crippen LogP contribution in [0.3, 0.4) is 0 Å². The van der Waals surface area contributed by atoms with Crippen LogP contribution in [0.25, 0.3) is 22.0 Å². The van der Waals surface area contributed by atoms with Crippen molar-refractivity contribution in [3.63, 3.8) is 0 Å².